The second-order valence-corrected chi connectivity index (χ2v) is 4.11. The standard InChI is InChI=1S/C12H8ClF3N2/c13-11-6-5-10(17-18-11)7-8-1-3-9(4-2-8)12(14,15)16/h1-6H,7H2. The molecular formula is C12H8ClF3N2. The molecule has 2 nitrogen and oxygen atoms in total. The van der Waals surface area contributed by atoms with Crippen LogP contribution in [0.3, 0.4) is 0 Å². The van der Waals surface area contributed by atoms with Gasteiger partial charge in [0.2, 0.25) is 0 Å². The predicted octanol–water partition coefficient (Wildman–Crippen LogP) is 3.74. The average molecular weight is 273 g/mol. The lowest BCUT2D eigenvalue weighted by atomic mass is 10.1. The van der Waals surface area contributed by atoms with Crippen molar-refractivity contribution in [1.29, 1.82) is 0 Å². The average Bonchev–Trinajstić information content (AvgIpc) is 2.32. The van der Waals surface area contributed by atoms with E-state index in [1.165, 1.54) is 12.1 Å². The molecule has 0 saturated carbocycles. The summed E-state index contributed by atoms with van der Waals surface area (Å²) in [7, 11) is 0. The van der Waals surface area contributed by atoms with Crippen molar-refractivity contribution >= 4 is 11.6 Å². The molecule has 2 rings (SSSR count). The zero-order valence-corrected chi connectivity index (χ0v) is 9.83. The highest BCUT2D eigenvalue weighted by atomic mass is 35.5. The fourth-order valence-corrected chi connectivity index (χ4v) is 1.56. The molecule has 0 atom stereocenters. The van der Waals surface area contributed by atoms with E-state index in [1.54, 1.807) is 12.1 Å². The Morgan fingerprint density at radius 3 is 2.11 bits per heavy atom. The number of hydrogen-bond acceptors (Lipinski definition) is 2. The van der Waals surface area contributed by atoms with Gasteiger partial charge in [-0.2, -0.15) is 18.3 Å². The van der Waals surface area contributed by atoms with Gasteiger partial charge in [-0.25, -0.2) is 0 Å². The van der Waals surface area contributed by atoms with Crippen LogP contribution >= 0.6 is 11.6 Å². The highest BCUT2D eigenvalue weighted by Crippen LogP contribution is 2.29. The molecule has 1 aromatic carbocycles. The largest absolute Gasteiger partial charge is 0.416 e. The Morgan fingerprint density at radius 2 is 1.61 bits per heavy atom. The van der Waals surface area contributed by atoms with Gasteiger partial charge < -0.3 is 0 Å². The topological polar surface area (TPSA) is 25.8 Å². The minimum absolute atomic E-state index is 0.283. The van der Waals surface area contributed by atoms with E-state index in [0.29, 0.717) is 12.1 Å². The maximum atomic E-state index is 12.4. The summed E-state index contributed by atoms with van der Waals surface area (Å²) in [5.41, 5.74) is 0.729. The van der Waals surface area contributed by atoms with Crippen molar-refractivity contribution in [3.63, 3.8) is 0 Å². The highest BCUT2D eigenvalue weighted by molar-refractivity contribution is 6.29. The zero-order valence-electron chi connectivity index (χ0n) is 9.08. The molecular weight excluding hydrogens is 265 g/mol. The van der Waals surface area contributed by atoms with Gasteiger partial charge >= 0.3 is 6.18 Å². The lowest BCUT2D eigenvalue weighted by Gasteiger charge is -2.07. The van der Waals surface area contributed by atoms with Crippen LogP contribution in [0.25, 0.3) is 0 Å². The number of alkyl halides is 3. The SMILES string of the molecule is FC(F)(F)c1ccc(Cc2ccc(Cl)nn2)cc1. The molecule has 0 aliphatic carbocycles. The van der Waals surface area contributed by atoms with Crippen LogP contribution in [0.4, 0.5) is 13.2 Å². The van der Waals surface area contributed by atoms with Gasteiger partial charge in [0.05, 0.1) is 11.3 Å². The summed E-state index contributed by atoms with van der Waals surface area (Å²) in [5.74, 6) is 0. The normalized spacial score (nSPS) is 11.6. The minimum atomic E-state index is -4.31. The molecule has 0 fully saturated rings. The monoisotopic (exact) mass is 272 g/mol. The maximum absolute atomic E-state index is 12.4. The predicted molar refractivity (Wildman–Crippen MR) is 61.3 cm³/mol. The number of nitrogens with zero attached hydrogens (tertiary/aromatic N) is 2. The third kappa shape index (κ3) is 3.20. The van der Waals surface area contributed by atoms with E-state index < -0.39 is 11.7 Å². The lowest BCUT2D eigenvalue weighted by molar-refractivity contribution is -0.137. The number of hydrogen-bond donors (Lipinski definition) is 0. The fourth-order valence-electron chi connectivity index (χ4n) is 1.46. The van der Waals surface area contributed by atoms with E-state index in [0.717, 1.165) is 17.7 Å². The molecule has 0 radical (unpaired) electrons. The van der Waals surface area contributed by atoms with Gasteiger partial charge in [-0.1, -0.05) is 23.7 Å². The number of benzene rings is 1. The van der Waals surface area contributed by atoms with E-state index in [2.05, 4.69) is 10.2 Å². The first-order valence-electron chi connectivity index (χ1n) is 5.09. The van der Waals surface area contributed by atoms with E-state index in [-0.39, 0.29) is 5.15 Å². The smallest absolute Gasteiger partial charge is 0.166 e. The van der Waals surface area contributed by atoms with Gasteiger partial charge in [-0.05, 0) is 29.8 Å². The van der Waals surface area contributed by atoms with Crippen molar-refractivity contribution in [1.82, 2.24) is 10.2 Å². The fraction of sp³-hybridized carbons (Fsp3) is 0.167. The molecule has 0 unspecified atom stereocenters. The molecule has 2 aromatic rings. The van der Waals surface area contributed by atoms with Crippen LogP contribution < -0.4 is 0 Å². The van der Waals surface area contributed by atoms with Crippen molar-refractivity contribution in [2.45, 2.75) is 12.6 Å². The number of rotatable bonds is 2. The minimum Gasteiger partial charge on any atom is -0.166 e. The van der Waals surface area contributed by atoms with Crippen molar-refractivity contribution < 1.29 is 13.2 Å². The van der Waals surface area contributed by atoms with Crippen molar-refractivity contribution in [3.05, 3.63) is 58.4 Å². The summed E-state index contributed by atoms with van der Waals surface area (Å²) in [4.78, 5) is 0. The number of halogens is 4. The van der Waals surface area contributed by atoms with Crippen molar-refractivity contribution in [2.75, 3.05) is 0 Å². The van der Waals surface area contributed by atoms with E-state index in [4.69, 9.17) is 11.6 Å². The first kappa shape index (κ1) is 12.8. The van der Waals surface area contributed by atoms with E-state index >= 15 is 0 Å². The third-order valence-electron chi connectivity index (χ3n) is 2.35. The molecule has 0 N–H and O–H groups in total. The Hall–Kier alpha value is -1.62. The molecule has 1 aromatic heterocycles. The summed E-state index contributed by atoms with van der Waals surface area (Å²) in [6.07, 6.45) is -3.89. The Morgan fingerprint density at radius 1 is 0.944 bits per heavy atom. The molecule has 1 heterocycles. The Labute approximate surface area is 106 Å². The molecule has 18 heavy (non-hydrogen) atoms. The summed E-state index contributed by atoms with van der Waals surface area (Å²) in [6, 6.07) is 8.25. The maximum Gasteiger partial charge on any atom is 0.416 e. The Balaban J connectivity index is 2.13. The lowest BCUT2D eigenvalue weighted by Crippen LogP contribution is -2.04. The molecule has 94 valence electrons. The summed E-state index contributed by atoms with van der Waals surface area (Å²) in [6.45, 7) is 0. The van der Waals surface area contributed by atoms with Crippen LogP contribution in [0.2, 0.25) is 5.15 Å². The second kappa shape index (κ2) is 4.94. The zero-order chi connectivity index (χ0) is 13.2. The van der Waals surface area contributed by atoms with Crippen LogP contribution in [0.5, 0.6) is 0 Å². The van der Waals surface area contributed by atoms with Gasteiger partial charge in [0.1, 0.15) is 0 Å². The number of aromatic nitrogens is 2. The summed E-state index contributed by atoms with van der Waals surface area (Å²) >= 11 is 5.59. The molecule has 6 heteroatoms. The van der Waals surface area contributed by atoms with Crippen LogP contribution in [0, 0.1) is 0 Å². The van der Waals surface area contributed by atoms with E-state index in [1.807, 2.05) is 0 Å². The summed E-state index contributed by atoms with van der Waals surface area (Å²) in [5, 5.41) is 7.79. The first-order valence-corrected chi connectivity index (χ1v) is 5.47. The van der Waals surface area contributed by atoms with Gasteiger partial charge in [0, 0.05) is 6.42 Å². The quantitative estimate of drug-likeness (QED) is 0.832. The van der Waals surface area contributed by atoms with Gasteiger partial charge in [0.15, 0.2) is 5.15 Å². The Bertz CT molecular complexity index is 521. The molecule has 0 saturated heterocycles. The van der Waals surface area contributed by atoms with Crippen LogP contribution in [-0.2, 0) is 12.6 Å². The first-order chi connectivity index (χ1) is 8.45. The van der Waals surface area contributed by atoms with Crippen LogP contribution in [-0.4, -0.2) is 10.2 Å². The van der Waals surface area contributed by atoms with Crippen LogP contribution in [0.1, 0.15) is 16.8 Å². The van der Waals surface area contributed by atoms with Gasteiger partial charge in [-0.3, -0.25) is 0 Å². The molecule has 0 amide bonds. The summed E-state index contributed by atoms with van der Waals surface area (Å²) < 4.78 is 37.1. The van der Waals surface area contributed by atoms with Gasteiger partial charge in [0.25, 0.3) is 0 Å². The molecule has 0 aliphatic heterocycles. The van der Waals surface area contributed by atoms with E-state index in [9.17, 15) is 13.2 Å². The molecule has 0 aliphatic rings. The Kier molecular flexibility index (Phi) is 3.52. The highest BCUT2D eigenvalue weighted by Gasteiger charge is 2.29. The third-order valence-corrected chi connectivity index (χ3v) is 2.56. The second-order valence-electron chi connectivity index (χ2n) is 3.72. The van der Waals surface area contributed by atoms with Gasteiger partial charge in [-0.15, -0.1) is 5.10 Å². The van der Waals surface area contributed by atoms with Crippen molar-refractivity contribution in [2.24, 2.45) is 0 Å². The molecule has 0 spiro atoms. The van der Waals surface area contributed by atoms with Crippen molar-refractivity contribution in [3.8, 4) is 0 Å². The van der Waals surface area contributed by atoms with Crippen LogP contribution in [0.15, 0.2) is 36.4 Å². The molecule has 0 bridgehead atoms.